The van der Waals surface area contributed by atoms with Gasteiger partial charge in [-0.25, -0.2) is 4.79 Å². The van der Waals surface area contributed by atoms with Crippen molar-refractivity contribution in [3.05, 3.63) is 4.91 Å². The Morgan fingerprint density at radius 2 is 2.06 bits per heavy atom. The monoisotopic (exact) mass is 247 g/mol. The van der Waals surface area contributed by atoms with Gasteiger partial charge < -0.3 is 5.32 Å². The van der Waals surface area contributed by atoms with Crippen molar-refractivity contribution in [3.8, 4) is 0 Å². The number of carbonyl (C=O) groups is 1. The normalized spacial score (nSPS) is 16.8. The highest BCUT2D eigenvalue weighted by atomic mass is 35.5. The maximum absolute atomic E-state index is 11.6. The van der Waals surface area contributed by atoms with Crippen molar-refractivity contribution >= 4 is 17.6 Å². The zero-order valence-electron chi connectivity index (χ0n) is 9.32. The first-order valence-electron chi connectivity index (χ1n) is 5.75. The number of hydrogen-bond acceptors (Lipinski definition) is 3. The van der Waals surface area contributed by atoms with Crippen LogP contribution < -0.4 is 5.32 Å². The van der Waals surface area contributed by atoms with Crippen LogP contribution in [0.25, 0.3) is 0 Å². The van der Waals surface area contributed by atoms with Crippen molar-refractivity contribution in [2.75, 3.05) is 12.4 Å². The minimum Gasteiger partial charge on any atom is -0.334 e. The van der Waals surface area contributed by atoms with Gasteiger partial charge in [-0.15, -0.1) is 16.5 Å². The van der Waals surface area contributed by atoms with Gasteiger partial charge in [0.05, 0.1) is 11.8 Å². The van der Waals surface area contributed by atoms with Gasteiger partial charge in [0, 0.05) is 11.9 Å². The summed E-state index contributed by atoms with van der Waals surface area (Å²) in [5.74, 6) is 0.419. The molecular weight excluding hydrogens is 230 g/mol. The third-order valence-corrected chi connectivity index (χ3v) is 3.04. The second kappa shape index (κ2) is 7.44. The van der Waals surface area contributed by atoms with Gasteiger partial charge in [-0.05, 0) is 19.3 Å². The lowest BCUT2D eigenvalue weighted by Crippen LogP contribution is -2.43. The van der Waals surface area contributed by atoms with Crippen LogP contribution in [0.1, 0.15) is 38.5 Å². The van der Waals surface area contributed by atoms with Crippen LogP contribution in [-0.2, 0) is 0 Å². The number of nitroso groups, excluding NO2 is 1. The van der Waals surface area contributed by atoms with Crippen LogP contribution in [0.5, 0.6) is 0 Å². The predicted octanol–water partition coefficient (Wildman–Crippen LogP) is 2.64. The molecule has 0 bridgehead atoms. The van der Waals surface area contributed by atoms with Crippen molar-refractivity contribution in [2.45, 2.75) is 44.6 Å². The van der Waals surface area contributed by atoms with Crippen molar-refractivity contribution in [1.29, 1.82) is 0 Å². The van der Waals surface area contributed by atoms with Crippen molar-refractivity contribution < 1.29 is 4.79 Å². The van der Waals surface area contributed by atoms with Gasteiger partial charge in [-0.1, -0.05) is 19.3 Å². The van der Waals surface area contributed by atoms with Crippen molar-refractivity contribution in [3.63, 3.8) is 0 Å². The van der Waals surface area contributed by atoms with E-state index in [-0.39, 0.29) is 12.6 Å². The van der Waals surface area contributed by atoms with E-state index in [4.69, 9.17) is 11.6 Å². The fraction of sp³-hybridized carbons (Fsp3) is 0.900. The van der Waals surface area contributed by atoms with E-state index in [9.17, 15) is 9.70 Å². The number of urea groups is 1. The van der Waals surface area contributed by atoms with Gasteiger partial charge in [0.25, 0.3) is 0 Å². The molecule has 1 fully saturated rings. The Balaban J connectivity index is 2.32. The summed E-state index contributed by atoms with van der Waals surface area (Å²) in [7, 11) is 0. The number of alkyl halides is 1. The van der Waals surface area contributed by atoms with Crippen LogP contribution in [0.15, 0.2) is 5.29 Å². The van der Waals surface area contributed by atoms with Crippen molar-refractivity contribution in [2.24, 2.45) is 5.29 Å². The molecule has 1 rings (SSSR count). The van der Waals surface area contributed by atoms with Gasteiger partial charge in [0.15, 0.2) is 0 Å². The van der Waals surface area contributed by atoms with E-state index in [0.29, 0.717) is 12.3 Å². The molecule has 0 heterocycles. The zero-order chi connectivity index (χ0) is 11.8. The molecule has 2 amide bonds. The summed E-state index contributed by atoms with van der Waals surface area (Å²) in [5, 5.41) is 6.45. The van der Waals surface area contributed by atoms with Gasteiger partial charge >= 0.3 is 6.03 Å². The molecule has 0 radical (unpaired) electrons. The SMILES string of the molecule is O=NN(CCCCl)C(=O)NC1CCCCC1. The third kappa shape index (κ3) is 4.35. The number of nitrogens with one attached hydrogen (secondary N) is 1. The van der Waals surface area contributed by atoms with E-state index >= 15 is 0 Å². The summed E-state index contributed by atoms with van der Waals surface area (Å²) in [6, 6.07) is -0.200. The molecule has 0 aliphatic heterocycles. The van der Waals surface area contributed by atoms with Crippen LogP contribution >= 0.6 is 11.6 Å². The fourth-order valence-corrected chi connectivity index (χ4v) is 2.00. The van der Waals surface area contributed by atoms with Gasteiger partial charge in [-0.3, -0.25) is 0 Å². The molecule has 0 aromatic heterocycles. The molecule has 1 aliphatic carbocycles. The fourth-order valence-electron chi connectivity index (χ4n) is 1.89. The molecular formula is C10H18ClN3O2. The summed E-state index contributed by atoms with van der Waals surface area (Å²) in [6.07, 6.45) is 6.07. The van der Waals surface area contributed by atoms with Crippen LogP contribution in [-0.4, -0.2) is 29.5 Å². The van der Waals surface area contributed by atoms with Gasteiger partial charge in [0.2, 0.25) is 0 Å². The minimum atomic E-state index is -0.396. The summed E-state index contributed by atoms with van der Waals surface area (Å²) >= 11 is 5.50. The van der Waals surface area contributed by atoms with Crippen LogP contribution in [0, 0.1) is 4.91 Å². The lowest BCUT2D eigenvalue weighted by atomic mass is 9.96. The lowest BCUT2D eigenvalue weighted by molar-refractivity contribution is 0.191. The van der Waals surface area contributed by atoms with Gasteiger partial charge in [0.1, 0.15) is 0 Å². The Morgan fingerprint density at radius 1 is 1.38 bits per heavy atom. The average Bonchev–Trinajstić information content (AvgIpc) is 2.31. The van der Waals surface area contributed by atoms with Crippen LogP contribution in [0.3, 0.4) is 0 Å². The summed E-state index contributed by atoms with van der Waals surface area (Å²) < 4.78 is 0. The molecule has 6 heteroatoms. The topological polar surface area (TPSA) is 61.8 Å². The van der Waals surface area contributed by atoms with Crippen LogP contribution in [0.2, 0.25) is 0 Å². The summed E-state index contributed by atoms with van der Waals surface area (Å²) in [5.41, 5.74) is 0. The molecule has 1 N–H and O–H groups in total. The van der Waals surface area contributed by atoms with Crippen molar-refractivity contribution in [1.82, 2.24) is 10.3 Å². The molecule has 0 unspecified atom stereocenters. The Bertz CT molecular complexity index is 232. The first-order chi connectivity index (χ1) is 7.77. The molecule has 5 nitrogen and oxygen atoms in total. The summed E-state index contributed by atoms with van der Waals surface area (Å²) in [6.45, 7) is 0.283. The largest absolute Gasteiger partial charge is 0.340 e. The molecule has 1 saturated carbocycles. The second-order valence-corrected chi connectivity index (χ2v) is 4.41. The second-order valence-electron chi connectivity index (χ2n) is 4.03. The lowest BCUT2D eigenvalue weighted by Gasteiger charge is -2.24. The van der Waals surface area contributed by atoms with E-state index < -0.39 is 6.03 Å². The number of carbonyl (C=O) groups excluding carboxylic acids is 1. The first kappa shape index (κ1) is 13.2. The molecule has 92 valence electrons. The molecule has 16 heavy (non-hydrogen) atoms. The Labute approximate surface area is 100 Å². The highest BCUT2D eigenvalue weighted by molar-refractivity contribution is 6.17. The average molecular weight is 248 g/mol. The Morgan fingerprint density at radius 3 is 2.62 bits per heavy atom. The summed E-state index contributed by atoms with van der Waals surface area (Å²) in [4.78, 5) is 22.1. The molecule has 0 atom stereocenters. The zero-order valence-corrected chi connectivity index (χ0v) is 10.1. The molecule has 1 aliphatic rings. The molecule has 0 saturated heterocycles. The molecule has 0 aromatic carbocycles. The maximum atomic E-state index is 11.6. The van der Waals surface area contributed by atoms with Crippen LogP contribution in [0.4, 0.5) is 4.79 Å². The Hall–Kier alpha value is -0.840. The number of halogens is 1. The van der Waals surface area contributed by atoms with E-state index in [0.717, 1.165) is 30.7 Å². The number of hydrogen-bond donors (Lipinski definition) is 1. The number of nitrogens with zero attached hydrogens (tertiary/aromatic N) is 2. The van der Waals surface area contributed by atoms with E-state index in [1.807, 2.05) is 0 Å². The number of amides is 2. The first-order valence-corrected chi connectivity index (χ1v) is 6.28. The van der Waals surface area contributed by atoms with E-state index in [2.05, 4.69) is 10.6 Å². The minimum absolute atomic E-state index is 0.196. The third-order valence-electron chi connectivity index (χ3n) is 2.77. The highest BCUT2D eigenvalue weighted by Gasteiger charge is 2.19. The van der Waals surface area contributed by atoms with Gasteiger partial charge in [-0.2, -0.15) is 5.01 Å². The molecule has 0 spiro atoms. The molecule has 0 aromatic rings. The smallest absolute Gasteiger partial charge is 0.334 e. The van der Waals surface area contributed by atoms with E-state index in [1.165, 1.54) is 6.42 Å². The Kier molecular flexibility index (Phi) is 6.15. The maximum Gasteiger partial charge on any atom is 0.340 e. The predicted molar refractivity (Wildman–Crippen MR) is 63.2 cm³/mol. The highest BCUT2D eigenvalue weighted by Crippen LogP contribution is 2.17. The quantitative estimate of drug-likeness (QED) is 0.461. The standard InChI is InChI=1S/C10H18ClN3O2/c11-7-4-8-14(13-16)10(15)12-9-5-2-1-3-6-9/h9H,1-8H2,(H,12,15). The number of rotatable bonds is 5. The van der Waals surface area contributed by atoms with E-state index in [1.54, 1.807) is 0 Å².